The second kappa shape index (κ2) is 2.76. The van der Waals surface area contributed by atoms with E-state index in [1.807, 2.05) is 13.8 Å². The molecule has 0 aliphatic heterocycles. The summed E-state index contributed by atoms with van der Waals surface area (Å²) in [6, 6.07) is 0. The van der Waals surface area contributed by atoms with Gasteiger partial charge in [0.25, 0.3) is 0 Å². The molecule has 0 aromatic heterocycles. The summed E-state index contributed by atoms with van der Waals surface area (Å²) < 4.78 is 0. The van der Waals surface area contributed by atoms with Crippen molar-refractivity contribution in [1.82, 2.24) is 0 Å². The number of ketones is 1. The van der Waals surface area contributed by atoms with Crippen LogP contribution >= 0.6 is 0 Å². The molecule has 0 aromatic rings. The number of rotatable bonds is 1. The van der Waals surface area contributed by atoms with Gasteiger partial charge in [-0.1, -0.05) is 13.8 Å². The predicted molar refractivity (Wildman–Crippen MR) is 42.2 cm³/mol. The van der Waals surface area contributed by atoms with Gasteiger partial charge in [-0.05, 0) is 11.8 Å². The third-order valence-electron chi connectivity index (χ3n) is 2.17. The third-order valence-corrected chi connectivity index (χ3v) is 2.17. The standard InChI is InChI=1S/C9H14O2/c1-9(2)4-7(6-10)3-8(11)5-9/h6-7H,3-5H2,1-2H3. The van der Waals surface area contributed by atoms with Gasteiger partial charge >= 0.3 is 0 Å². The second-order valence-corrected chi connectivity index (χ2v) is 4.18. The molecule has 0 spiro atoms. The highest BCUT2D eigenvalue weighted by molar-refractivity contribution is 5.83. The van der Waals surface area contributed by atoms with Crippen LogP contribution in [0.2, 0.25) is 0 Å². The molecular formula is C9H14O2. The first-order valence-electron chi connectivity index (χ1n) is 4.00. The van der Waals surface area contributed by atoms with Gasteiger partial charge in [0.05, 0.1) is 0 Å². The Morgan fingerprint density at radius 1 is 1.55 bits per heavy atom. The van der Waals surface area contributed by atoms with Crippen LogP contribution in [-0.2, 0) is 9.59 Å². The molecule has 1 rings (SSSR count). The van der Waals surface area contributed by atoms with Crippen molar-refractivity contribution < 1.29 is 9.59 Å². The molecule has 11 heavy (non-hydrogen) atoms. The zero-order chi connectivity index (χ0) is 8.48. The van der Waals surface area contributed by atoms with E-state index in [4.69, 9.17) is 0 Å². The van der Waals surface area contributed by atoms with Crippen LogP contribution in [0.15, 0.2) is 0 Å². The summed E-state index contributed by atoms with van der Waals surface area (Å²) in [7, 11) is 0. The number of carbonyl (C=O) groups is 2. The minimum absolute atomic E-state index is 0.0220. The molecule has 0 saturated heterocycles. The lowest BCUT2D eigenvalue weighted by Crippen LogP contribution is -2.29. The summed E-state index contributed by atoms with van der Waals surface area (Å²) in [6.07, 6.45) is 2.88. The van der Waals surface area contributed by atoms with Crippen molar-refractivity contribution in [3.63, 3.8) is 0 Å². The number of hydrogen-bond acceptors (Lipinski definition) is 2. The first-order valence-corrected chi connectivity index (χ1v) is 4.00. The smallest absolute Gasteiger partial charge is 0.134 e. The quantitative estimate of drug-likeness (QED) is 0.537. The number of carbonyl (C=O) groups excluding carboxylic acids is 2. The van der Waals surface area contributed by atoms with Crippen molar-refractivity contribution in [2.24, 2.45) is 11.3 Å². The summed E-state index contributed by atoms with van der Waals surface area (Å²) in [6.45, 7) is 4.08. The summed E-state index contributed by atoms with van der Waals surface area (Å²) in [4.78, 5) is 21.5. The predicted octanol–water partition coefficient (Wildman–Crippen LogP) is 1.58. The molecule has 62 valence electrons. The zero-order valence-electron chi connectivity index (χ0n) is 7.09. The van der Waals surface area contributed by atoms with E-state index in [0.29, 0.717) is 12.8 Å². The van der Waals surface area contributed by atoms with E-state index in [1.54, 1.807) is 0 Å². The van der Waals surface area contributed by atoms with E-state index in [9.17, 15) is 9.59 Å². The molecule has 0 N–H and O–H groups in total. The second-order valence-electron chi connectivity index (χ2n) is 4.18. The lowest BCUT2D eigenvalue weighted by Gasteiger charge is -2.31. The highest BCUT2D eigenvalue weighted by atomic mass is 16.1. The van der Waals surface area contributed by atoms with E-state index < -0.39 is 0 Å². The molecule has 1 atom stereocenters. The van der Waals surface area contributed by atoms with Crippen molar-refractivity contribution in [3.05, 3.63) is 0 Å². The fourth-order valence-corrected chi connectivity index (χ4v) is 1.85. The minimum Gasteiger partial charge on any atom is -0.303 e. The fraction of sp³-hybridized carbons (Fsp3) is 0.778. The number of aldehydes is 1. The molecule has 0 radical (unpaired) electrons. The molecule has 0 heterocycles. The molecule has 1 aliphatic rings. The first kappa shape index (κ1) is 8.44. The minimum atomic E-state index is -0.0220. The molecule has 1 saturated carbocycles. The Labute approximate surface area is 67.0 Å². The van der Waals surface area contributed by atoms with Gasteiger partial charge in [0.15, 0.2) is 0 Å². The average Bonchev–Trinajstić information content (AvgIpc) is 1.83. The Hall–Kier alpha value is -0.660. The van der Waals surface area contributed by atoms with Gasteiger partial charge in [0, 0.05) is 18.8 Å². The van der Waals surface area contributed by atoms with Gasteiger partial charge in [-0.15, -0.1) is 0 Å². The van der Waals surface area contributed by atoms with Crippen LogP contribution in [0.3, 0.4) is 0 Å². The van der Waals surface area contributed by atoms with Crippen LogP contribution in [0.1, 0.15) is 33.1 Å². The van der Waals surface area contributed by atoms with E-state index in [1.165, 1.54) is 0 Å². The van der Waals surface area contributed by atoms with Gasteiger partial charge in [-0.3, -0.25) is 4.79 Å². The van der Waals surface area contributed by atoms with Crippen molar-refractivity contribution in [1.29, 1.82) is 0 Å². The van der Waals surface area contributed by atoms with Crippen molar-refractivity contribution >= 4 is 12.1 Å². The molecule has 1 unspecified atom stereocenters. The third kappa shape index (κ3) is 2.14. The average molecular weight is 154 g/mol. The van der Waals surface area contributed by atoms with Crippen LogP contribution in [0, 0.1) is 11.3 Å². The molecular weight excluding hydrogens is 140 g/mol. The SMILES string of the molecule is CC1(C)CC(=O)CC(C=O)C1. The van der Waals surface area contributed by atoms with Gasteiger partial charge in [0.2, 0.25) is 0 Å². The van der Waals surface area contributed by atoms with E-state index in [-0.39, 0.29) is 17.1 Å². The molecule has 0 amide bonds. The van der Waals surface area contributed by atoms with Gasteiger partial charge in [0.1, 0.15) is 12.1 Å². The molecule has 0 bridgehead atoms. The van der Waals surface area contributed by atoms with E-state index >= 15 is 0 Å². The first-order chi connectivity index (χ1) is 5.03. The Kier molecular flexibility index (Phi) is 2.12. The van der Waals surface area contributed by atoms with E-state index in [0.717, 1.165) is 12.7 Å². The maximum absolute atomic E-state index is 11.1. The van der Waals surface area contributed by atoms with Crippen LogP contribution in [-0.4, -0.2) is 12.1 Å². The largest absolute Gasteiger partial charge is 0.303 e. The number of hydrogen-bond donors (Lipinski definition) is 0. The summed E-state index contributed by atoms with van der Waals surface area (Å²) in [5.74, 6) is 0.213. The Bertz CT molecular complexity index is 182. The van der Waals surface area contributed by atoms with Crippen molar-refractivity contribution in [3.8, 4) is 0 Å². The fourth-order valence-electron chi connectivity index (χ4n) is 1.85. The van der Waals surface area contributed by atoms with Crippen LogP contribution in [0.5, 0.6) is 0 Å². The Balaban J connectivity index is 2.65. The summed E-state index contributed by atoms with van der Waals surface area (Å²) in [5, 5.41) is 0. The lowest BCUT2D eigenvalue weighted by atomic mass is 9.72. The van der Waals surface area contributed by atoms with Crippen LogP contribution in [0.25, 0.3) is 0 Å². The van der Waals surface area contributed by atoms with Crippen molar-refractivity contribution in [2.75, 3.05) is 0 Å². The molecule has 1 aliphatic carbocycles. The van der Waals surface area contributed by atoms with Crippen LogP contribution in [0.4, 0.5) is 0 Å². The molecule has 2 nitrogen and oxygen atoms in total. The molecule has 0 aromatic carbocycles. The highest BCUT2D eigenvalue weighted by Crippen LogP contribution is 2.35. The maximum atomic E-state index is 11.1. The van der Waals surface area contributed by atoms with Gasteiger partial charge < -0.3 is 4.79 Å². The molecule has 1 fully saturated rings. The summed E-state index contributed by atoms with van der Waals surface area (Å²) in [5.41, 5.74) is 0.0426. The van der Waals surface area contributed by atoms with Gasteiger partial charge in [-0.2, -0.15) is 0 Å². The maximum Gasteiger partial charge on any atom is 0.134 e. The zero-order valence-corrected chi connectivity index (χ0v) is 7.09. The Morgan fingerprint density at radius 3 is 2.64 bits per heavy atom. The Morgan fingerprint density at radius 2 is 2.18 bits per heavy atom. The van der Waals surface area contributed by atoms with E-state index in [2.05, 4.69) is 0 Å². The van der Waals surface area contributed by atoms with Crippen molar-refractivity contribution in [2.45, 2.75) is 33.1 Å². The normalized spacial score (nSPS) is 30.0. The topological polar surface area (TPSA) is 34.1 Å². The monoisotopic (exact) mass is 154 g/mol. The number of Topliss-reactive ketones (excluding diaryl/α,β-unsaturated/α-hetero) is 1. The van der Waals surface area contributed by atoms with Gasteiger partial charge in [-0.25, -0.2) is 0 Å². The molecule has 2 heteroatoms. The van der Waals surface area contributed by atoms with Crippen LogP contribution < -0.4 is 0 Å². The highest BCUT2D eigenvalue weighted by Gasteiger charge is 2.32. The lowest BCUT2D eigenvalue weighted by molar-refractivity contribution is -0.128. The summed E-state index contributed by atoms with van der Waals surface area (Å²) >= 11 is 0.